The number of ether oxygens (including phenoxy) is 1. The normalized spacial score (nSPS) is 15.9. The van der Waals surface area contributed by atoms with Crippen LogP contribution in [0.15, 0.2) is 66.7 Å². The Labute approximate surface area is 220 Å². The number of rotatable bonds is 7. The third-order valence-corrected chi connectivity index (χ3v) is 7.11. The second-order valence-electron chi connectivity index (χ2n) is 9.43. The van der Waals surface area contributed by atoms with Crippen molar-refractivity contribution in [1.82, 2.24) is 9.80 Å². The van der Waals surface area contributed by atoms with Crippen molar-refractivity contribution in [3.8, 4) is 0 Å². The number of hydrogen-bond acceptors (Lipinski definition) is 3. The quantitative estimate of drug-likeness (QED) is 0.323. The molecule has 1 amide bonds. The van der Waals surface area contributed by atoms with Crippen LogP contribution in [0.5, 0.6) is 0 Å². The highest BCUT2D eigenvalue weighted by Crippen LogP contribution is 2.42. The molecule has 2 atom stereocenters. The minimum Gasteiger partial charge on any atom is -0.446 e. The van der Waals surface area contributed by atoms with Gasteiger partial charge in [0.2, 0.25) is 0 Å². The van der Waals surface area contributed by atoms with E-state index in [1.807, 2.05) is 48.5 Å². The molecule has 0 N–H and O–H groups in total. The van der Waals surface area contributed by atoms with Crippen molar-refractivity contribution in [2.75, 3.05) is 27.2 Å². The van der Waals surface area contributed by atoms with Crippen molar-refractivity contribution in [2.24, 2.45) is 5.92 Å². The molecule has 0 bridgehead atoms. The molecule has 0 spiro atoms. The Bertz CT molecular complexity index is 1130. The summed E-state index contributed by atoms with van der Waals surface area (Å²) in [6.07, 6.45) is -1.08. The number of hydrogen-bond donors (Lipinski definition) is 0. The van der Waals surface area contributed by atoms with Gasteiger partial charge in [-0.25, -0.2) is 13.6 Å². The molecule has 1 heterocycles. The van der Waals surface area contributed by atoms with Gasteiger partial charge in [0, 0.05) is 49.2 Å². The predicted octanol–water partition coefficient (Wildman–Crippen LogP) is 7.16. The zero-order valence-corrected chi connectivity index (χ0v) is 21.8. The van der Waals surface area contributed by atoms with Gasteiger partial charge in [0.25, 0.3) is 0 Å². The smallest absolute Gasteiger partial charge is 0.409 e. The molecule has 4 nitrogen and oxygen atoms in total. The number of benzene rings is 3. The first-order valence-electron chi connectivity index (χ1n) is 11.7. The van der Waals surface area contributed by atoms with Gasteiger partial charge >= 0.3 is 6.09 Å². The van der Waals surface area contributed by atoms with Crippen LogP contribution in [-0.4, -0.2) is 49.2 Å². The molecule has 0 saturated carbocycles. The van der Waals surface area contributed by atoms with Gasteiger partial charge in [0.1, 0.15) is 17.7 Å². The molecule has 1 fully saturated rings. The zero-order chi connectivity index (χ0) is 26.0. The van der Waals surface area contributed by atoms with Gasteiger partial charge in [0.05, 0.1) is 6.04 Å². The summed E-state index contributed by atoms with van der Waals surface area (Å²) in [6, 6.07) is 18.9. The van der Waals surface area contributed by atoms with Crippen LogP contribution >= 0.6 is 23.2 Å². The molecule has 1 aliphatic rings. The fraction of sp³-hybridized carbons (Fsp3) is 0.321. The lowest BCUT2D eigenvalue weighted by Gasteiger charge is -2.49. The molecule has 0 aromatic heterocycles. The first-order chi connectivity index (χ1) is 17.1. The van der Waals surface area contributed by atoms with E-state index < -0.39 is 23.8 Å². The van der Waals surface area contributed by atoms with E-state index in [1.54, 1.807) is 21.0 Å². The summed E-state index contributed by atoms with van der Waals surface area (Å²) in [5.41, 5.74) is 2.62. The van der Waals surface area contributed by atoms with E-state index in [-0.39, 0.29) is 17.9 Å². The molecule has 8 heteroatoms. The molecule has 4 rings (SSSR count). The largest absolute Gasteiger partial charge is 0.446 e. The topological polar surface area (TPSA) is 32.8 Å². The molecule has 2 unspecified atom stereocenters. The Balaban J connectivity index is 1.62. The maximum Gasteiger partial charge on any atom is 0.409 e. The number of likely N-dealkylation sites (tertiary alicyclic amines) is 1. The predicted molar refractivity (Wildman–Crippen MR) is 139 cm³/mol. The van der Waals surface area contributed by atoms with Gasteiger partial charge in [-0.3, -0.25) is 4.90 Å². The molecule has 1 aliphatic heterocycles. The Kier molecular flexibility index (Phi) is 8.18. The van der Waals surface area contributed by atoms with Crippen molar-refractivity contribution < 1.29 is 18.3 Å². The first kappa shape index (κ1) is 26.4. The van der Waals surface area contributed by atoms with E-state index in [0.29, 0.717) is 28.7 Å². The molecule has 3 aromatic carbocycles. The van der Waals surface area contributed by atoms with Crippen LogP contribution in [0.2, 0.25) is 10.0 Å². The van der Waals surface area contributed by atoms with E-state index >= 15 is 0 Å². The highest BCUT2D eigenvalue weighted by Gasteiger charge is 2.42. The SMILES string of the molecule is CC(OC(=O)N(C)C)C(c1cc(F)cc(F)c1)C1CN(C(c2ccc(Cl)cc2)c2ccc(Cl)cc2)C1. The number of halogens is 4. The Morgan fingerprint density at radius 2 is 1.36 bits per heavy atom. The van der Waals surface area contributed by atoms with Gasteiger partial charge in [-0.2, -0.15) is 0 Å². The van der Waals surface area contributed by atoms with E-state index in [4.69, 9.17) is 27.9 Å². The highest BCUT2D eigenvalue weighted by atomic mass is 35.5. The lowest BCUT2D eigenvalue weighted by molar-refractivity contribution is 0.00126. The van der Waals surface area contributed by atoms with E-state index in [9.17, 15) is 13.6 Å². The number of carbonyl (C=O) groups excluding carboxylic acids is 1. The van der Waals surface area contributed by atoms with E-state index in [2.05, 4.69) is 4.90 Å². The fourth-order valence-electron chi connectivity index (χ4n) is 4.92. The fourth-order valence-corrected chi connectivity index (χ4v) is 5.17. The van der Waals surface area contributed by atoms with Gasteiger partial charge in [-0.05, 0) is 65.9 Å². The summed E-state index contributed by atoms with van der Waals surface area (Å²) in [5.74, 6) is -1.68. The lowest BCUT2D eigenvalue weighted by atomic mass is 9.76. The summed E-state index contributed by atoms with van der Waals surface area (Å²) in [6.45, 7) is 3.05. The average molecular weight is 533 g/mol. The lowest BCUT2D eigenvalue weighted by Crippen LogP contribution is -2.53. The van der Waals surface area contributed by atoms with Gasteiger partial charge < -0.3 is 9.64 Å². The van der Waals surface area contributed by atoms with Crippen LogP contribution in [0, 0.1) is 17.6 Å². The average Bonchev–Trinajstić information content (AvgIpc) is 2.78. The van der Waals surface area contributed by atoms with Crippen molar-refractivity contribution in [2.45, 2.75) is 25.0 Å². The minimum atomic E-state index is -0.655. The van der Waals surface area contributed by atoms with Crippen LogP contribution in [0.4, 0.5) is 13.6 Å². The summed E-state index contributed by atoms with van der Waals surface area (Å²) < 4.78 is 34.0. The molecule has 3 aromatic rings. The minimum absolute atomic E-state index is 0.0123. The molecule has 0 aliphatic carbocycles. The summed E-state index contributed by atoms with van der Waals surface area (Å²) in [7, 11) is 3.19. The molecule has 36 heavy (non-hydrogen) atoms. The highest BCUT2D eigenvalue weighted by molar-refractivity contribution is 6.30. The van der Waals surface area contributed by atoms with Crippen LogP contribution < -0.4 is 0 Å². The van der Waals surface area contributed by atoms with E-state index in [1.165, 1.54) is 17.0 Å². The zero-order valence-electron chi connectivity index (χ0n) is 20.3. The molecular formula is C28H28Cl2F2N2O2. The van der Waals surface area contributed by atoms with Gasteiger partial charge in [-0.15, -0.1) is 0 Å². The second-order valence-corrected chi connectivity index (χ2v) is 10.3. The van der Waals surface area contributed by atoms with Crippen molar-refractivity contribution >= 4 is 29.3 Å². The third kappa shape index (κ3) is 6.00. The monoisotopic (exact) mass is 532 g/mol. The summed E-state index contributed by atoms with van der Waals surface area (Å²) >= 11 is 12.3. The van der Waals surface area contributed by atoms with Gasteiger partial charge in [-0.1, -0.05) is 47.5 Å². The van der Waals surface area contributed by atoms with Crippen molar-refractivity contribution in [1.29, 1.82) is 0 Å². The Morgan fingerprint density at radius 1 is 0.889 bits per heavy atom. The first-order valence-corrected chi connectivity index (χ1v) is 12.5. The molecular weight excluding hydrogens is 505 g/mol. The van der Waals surface area contributed by atoms with Crippen LogP contribution in [0.25, 0.3) is 0 Å². The number of carbonyl (C=O) groups is 1. The van der Waals surface area contributed by atoms with Crippen LogP contribution in [0.3, 0.4) is 0 Å². The maximum atomic E-state index is 14.2. The van der Waals surface area contributed by atoms with Crippen LogP contribution in [0.1, 0.15) is 35.6 Å². The van der Waals surface area contributed by atoms with Crippen molar-refractivity contribution in [3.63, 3.8) is 0 Å². The number of amides is 1. The maximum absolute atomic E-state index is 14.2. The van der Waals surface area contributed by atoms with Gasteiger partial charge in [0.15, 0.2) is 0 Å². The standard InChI is InChI=1S/C28H28Cl2F2N2O2/c1-17(36-28(35)33(2)3)26(20-12-24(31)14-25(32)13-20)21-15-34(16-21)27(18-4-8-22(29)9-5-18)19-6-10-23(30)11-7-19/h4-14,17,21,26-27H,15-16H2,1-3H3. The van der Waals surface area contributed by atoms with Crippen LogP contribution in [-0.2, 0) is 4.74 Å². The number of nitrogens with zero attached hydrogens (tertiary/aromatic N) is 2. The molecule has 1 saturated heterocycles. The molecule has 0 radical (unpaired) electrons. The van der Waals surface area contributed by atoms with E-state index in [0.717, 1.165) is 17.2 Å². The van der Waals surface area contributed by atoms with Crippen molar-refractivity contribution in [3.05, 3.63) is 105 Å². The Hall–Kier alpha value is -2.67. The Morgan fingerprint density at radius 3 is 1.81 bits per heavy atom. The summed E-state index contributed by atoms with van der Waals surface area (Å²) in [5, 5.41) is 1.31. The third-order valence-electron chi connectivity index (χ3n) is 6.61. The molecule has 190 valence electrons. The summed E-state index contributed by atoms with van der Waals surface area (Å²) in [4.78, 5) is 15.9. The second kappa shape index (κ2) is 11.2.